The lowest BCUT2D eigenvalue weighted by Crippen LogP contribution is -2.15. The summed E-state index contributed by atoms with van der Waals surface area (Å²) in [4.78, 5) is 12.3. The first-order valence-corrected chi connectivity index (χ1v) is 10.2. The summed E-state index contributed by atoms with van der Waals surface area (Å²) in [5.74, 6) is 1.63. The van der Waals surface area contributed by atoms with Crippen LogP contribution in [-0.4, -0.2) is 26.4 Å². The average Bonchev–Trinajstić information content (AvgIpc) is 3.09. The first-order chi connectivity index (χ1) is 13.6. The van der Waals surface area contributed by atoms with Crippen LogP contribution in [0.2, 0.25) is 5.02 Å². The highest BCUT2D eigenvalue weighted by Crippen LogP contribution is 2.22. The molecule has 0 atom stereocenters. The predicted molar refractivity (Wildman–Crippen MR) is 112 cm³/mol. The van der Waals surface area contributed by atoms with Crippen LogP contribution < -0.4 is 10.1 Å². The molecule has 0 bridgehead atoms. The predicted octanol–water partition coefficient (Wildman–Crippen LogP) is 4.57. The van der Waals surface area contributed by atoms with E-state index >= 15 is 0 Å². The van der Waals surface area contributed by atoms with Crippen molar-refractivity contribution in [2.75, 3.05) is 11.1 Å². The van der Waals surface area contributed by atoms with Crippen LogP contribution in [0.4, 0.5) is 5.69 Å². The van der Waals surface area contributed by atoms with E-state index in [1.54, 1.807) is 12.1 Å². The number of hydrogen-bond donors (Lipinski definition) is 1. The standard InChI is InChI=1S/C20H21ClN4O2S/c1-3-25-18(12-27-16-7-5-4-6-8-16)23-24-20(25)28-13-19(26)22-17-10-9-15(21)11-14(17)2/h4-11H,3,12-13H2,1-2H3,(H,22,26). The van der Waals surface area contributed by atoms with E-state index in [1.807, 2.05) is 54.8 Å². The summed E-state index contributed by atoms with van der Waals surface area (Å²) in [6.07, 6.45) is 0. The Kier molecular flexibility index (Phi) is 6.95. The van der Waals surface area contributed by atoms with Gasteiger partial charge in [0.1, 0.15) is 12.4 Å². The number of carbonyl (C=O) groups excluding carboxylic acids is 1. The third kappa shape index (κ3) is 5.27. The quantitative estimate of drug-likeness (QED) is 0.545. The molecule has 0 aliphatic rings. The second-order valence-electron chi connectivity index (χ2n) is 6.04. The molecule has 1 amide bonds. The molecule has 28 heavy (non-hydrogen) atoms. The van der Waals surface area contributed by atoms with Crippen LogP contribution in [0.25, 0.3) is 0 Å². The highest BCUT2D eigenvalue weighted by Gasteiger charge is 2.14. The van der Waals surface area contributed by atoms with Crippen LogP contribution >= 0.6 is 23.4 Å². The monoisotopic (exact) mass is 416 g/mol. The molecule has 0 fully saturated rings. The fraction of sp³-hybridized carbons (Fsp3) is 0.250. The zero-order valence-corrected chi connectivity index (χ0v) is 17.3. The molecule has 0 spiro atoms. The smallest absolute Gasteiger partial charge is 0.234 e. The Morgan fingerprint density at radius 1 is 1.21 bits per heavy atom. The Balaban J connectivity index is 1.58. The molecule has 1 N–H and O–H groups in total. The van der Waals surface area contributed by atoms with E-state index in [0.717, 1.165) is 22.8 Å². The minimum absolute atomic E-state index is 0.108. The summed E-state index contributed by atoms with van der Waals surface area (Å²) in [6.45, 7) is 4.93. The summed E-state index contributed by atoms with van der Waals surface area (Å²) in [6, 6.07) is 14.9. The van der Waals surface area contributed by atoms with Crippen molar-refractivity contribution in [1.29, 1.82) is 0 Å². The number of anilines is 1. The van der Waals surface area contributed by atoms with Crippen LogP contribution in [0.3, 0.4) is 0 Å². The van der Waals surface area contributed by atoms with Crippen LogP contribution in [0, 0.1) is 6.92 Å². The molecule has 2 aromatic carbocycles. The van der Waals surface area contributed by atoms with Crippen LogP contribution in [0.1, 0.15) is 18.3 Å². The highest BCUT2D eigenvalue weighted by atomic mass is 35.5. The van der Waals surface area contributed by atoms with E-state index in [-0.39, 0.29) is 11.7 Å². The van der Waals surface area contributed by atoms with Gasteiger partial charge < -0.3 is 14.6 Å². The van der Waals surface area contributed by atoms with Crippen LogP contribution in [0.15, 0.2) is 53.7 Å². The van der Waals surface area contributed by atoms with E-state index in [1.165, 1.54) is 11.8 Å². The Hall–Kier alpha value is -2.51. The normalized spacial score (nSPS) is 10.7. The number of hydrogen-bond acceptors (Lipinski definition) is 5. The van der Waals surface area contributed by atoms with Crippen molar-refractivity contribution >= 4 is 35.0 Å². The number of para-hydroxylation sites is 1. The minimum atomic E-state index is -0.108. The number of nitrogens with zero attached hydrogens (tertiary/aromatic N) is 3. The Bertz CT molecular complexity index is 947. The molecule has 0 saturated carbocycles. The SMILES string of the molecule is CCn1c(COc2ccccc2)nnc1SCC(=O)Nc1ccc(Cl)cc1C. The molecule has 0 aliphatic carbocycles. The Morgan fingerprint density at radius 3 is 2.71 bits per heavy atom. The molecule has 146 valence electrons. The number of ether oxygens (including phenoxy) is 1. The van der Waals surface area contributed by atoms with Crippen LogP contribution in [-0.2, 0) is 17.9 Å². The van der Waals surface area contributed by atoms with Gasteiger partial charge in [-0.1, -0.05) is 41.6 Å². The van der Waals surface area contributed by atoms with E-state index in [0.29, 0.717) is 23.3 Å². The average molecular weight is 417 g/mol. The highest BCUT2D eigenvalue weighted by molar-refractivity contribution is 7.99. The lowest BCUT2D eigenvalue weighted by Gasteiger charge is -2.10. The topological polar surface area (TPSA) is 69.0 Å². The lowest BCUT2D eigenvalue weighted by molar-refractivity contribution is -0.113. The second-order valence-corrected chi connectivity index (χ2v) is 7.42. The lowest BCUT2D eigenvalue weighted by atomic mass is 10.2. The molecule has 0 aliphatic heterocycles. The second kappa shape index (κ2) is 9.61. The van der Waals surface area contributed by atoms with E-state index in [9.17, 15) is 4.79 Å². The van der Waals surface area contributed by atoms with Crippen molar-refractivity contribution in [2.45, 2.75) is 32.2 Å². The molecule has 8 heteroatoms. The molecule has 0 saturated heterocycles. The van der Waals surface area contributed by atoms with Crippen molar-refractivity contribution in [1.82, 2.24) is 14.8 Å². The number of halogens is 1. The summed E-state index contributed by atoms with van der Waals surface area (Å²) in [5, 5.41) is 12.6. The van der Waals surface area contributed by atoms with Gasteiger partial charge in [0.25, 0.3) is 0 Å². The molecule has 6 nitrogen and oxygen atoms in total. The largest absolute Gasteiger partial charge is 0.486 e. The van der Waals surface area contributed by atoms with Gasteiger partial charge in [0.2, 0.25) is 5.91 Å². The third-order valence-corrected chi connectivity index (χ3v) is 5.22. The molecule has 0 radical (unpaired) electrons. The maximum absolute atomic E-state index is 12.3. The van der Waals surface area contributed by atoms with Gasteiger partial charge in [0.05, 0.1) is 5.75 Å². The van der Waals surface area contributed by atoms with Crippen molar-refractivity contribution in [3.05, 3.63) is 64.9 Å². The molecular formula is C20H21ClN4O2S. The molecular weight excluding hydrogens is 396 g/mol. The number of aromatic nitrogens is 3. The van der Waals surface area contributed by atoms with Crippen LogP contribution in [0.5, 0.6) is 5.75 Å². The number of thioether (sulfide) groups is 1. The van der Waals surface area contributed by atoms with Gasteiger partial charge in [-0.05, 0) is 49.7 Å². The van der Waals surface area contributed by atoms with E-state index in [2.05, 4.69) is 15.5 Å². The summed E-state index contributed by atoms with van der Waals surface area (Å²) >= 11 is 7.30. The van der Waals surface area contributed by atoms with E-state index in [4.69, 9.17) is 16.3 Å². The Labute approximate surface area is 173 Å². The third-order valence-electron chi connectivity index (χ3n) is 4.02. The van der Waals surface area contributed by atoms with Crippen molar-refractivity contribution < 1.29 is 9.53 Å². The van der Waals surface area contributed by atoms with Gasteiger partial charge in [-0.3, -0.25) is 4.79 Å². The zero-order chi connectivity index (χ0) is 19.9. The number of aryl methyl sites for hydroxylation is 1. The number of benzene rings is 2. The number of carbonyl (C=O) groups is 1. The minimum Gasteiger partial charge on any atom is -0.486 e. The Morgan fingerprint density at radius 2 is 2.00 bits per heavy atom. The first-order valence-electron chi connectivity index (χ1n) is 8.85. The molecule has 1 aromatic heterocycles. The van der Waals surface area contributed by atoms with Gasteiger partial charge in [0.15, 0.2) is 11.0 Å². The number of nitrogens with one attached hydrogen (secondary N) is 1. The number of amides is 1. The van der Waals surface area contributed by atoms with E-state index < -0.39 is 0 Å². The summed E-state index contributed by atoms with van der Waals surface area (Å²) in [7, 11) is 0. The van der Waals surface area contributed by atoms with Crippen molar-refractivity contribution in [3.8, 4) is 5.75 Å². The summed E-state index contributed by atoms with van der Waals surface area (Å²) in [5.41, 5.74) is 1.67. The fourth-order valence-electron chi connectivity index (χ4n) is 2.60. The van der Waals surface area contributed by atoms with Gasteiger partial charge >= 0.3 is 0 Å². The number of rotatable bonds is 8. The molecule has 0 unspecified atom stereocenters. The zero-order valence-electron chi connectivity index (χ0n) is 15.7. The maximum atomic E-state index is 12.3. The van der Waals surface area contributed by atoms with Gasteiger partial charge in [-0.15, -0.1) is 10.2 Å². The first kappa shape index (κ1) is 20.2. The maximum Gasteiger partial charge on any atom is 0.234 e. The van der Waals surface area contributed by atoms with Gasteiger partial charge in [-0.2, -0.15) is 0 Å². The van der Waals surface area contributed by atoms with Crippen molar-refractivity contribution in [3.63, 3.8) is 0 Å². The molecule has 3 aromatic rings. The fourth-order valence-corrected chi connectivity index (χ4v) is 3.65. The van der Waals surface area contributed by atoms with Crippen molar-refractivity contribution in [2.24, 2.45) is 0 Å². The molecule has 1 heterocycles. The van der Waals surface area contributed by atoms with Gasteiger partial charge in [0, 0.05) is 17.3 Å². The molecule has 3 rings (SSSR count). The summed E-state index contributed by atoms with van der Waals surface area (Å²) < 4.78 is 7.71. The van der Waals surface area contributed by atoms with Gasteiger partial charge in [-0.25, -0.2) is 0 Å².